The summed E-state index contributed by atoms with van der Waals surface area (Å²) >= 11 is 4.54. The minimum atomic E-state index is -0.271. The Kier molecular flexibility index (Phi) is 3.00. The molecule has 0 saturated carbocycles. The maximum atomic E-state index is 12.0. The molecule has 2 aromatic heterocycles. The number of carbonyl (C=O) groups is 1. The van der Waals surface area contributed by atoms with Crippen LogP contribution >= 0.6 is 27.3 Å². The summed E-state index contributed by atoms with van der Waals surface area (Å²) in [6.07, 6.45) is 1.44. The van der Waals surface area contributed by atoms with Crippen LogP contribution in [-0.2, 0) is 0 Å². The number of nitrogens with zero attached hydrogens (tertiary/aromatic N) is 1. The van der Waals surface area contributed by atoms with E-state index in [9.17, 15) is 4.79 Å². The van der Waals surface area contributed by atoms with Crippen molar-refractivity contribution >= 4 is 54.2 Å². The number of nitrogen functional groups attached to an aromatic ring is 1. The van der Waals surface area contributed by atoms with E-state index in [1.54, 1.807) is 12.1 Å². The van der Waals surface area contributed by atoms with Crippen molar-refractivity contribution in [1.29, 1.82) is 0 Å². The Hall–Kier alpha value is -1.86. The van der Waals surface area contributed by atoms with E-state index in [2.05, 4.69) is 26.2 Å². The van der Waals surface area contributed by atoms with Gasteiger partial charge in [0, 0.05) is 5.69 Å². The maximum absolute atomic E-state index is 12.0. The zero-order valence-corrected chi connectivity index (χ0v) is 11.9. The molecule has 3 aromatic rings. The molecule has 0 unspecified atom stereocenters. The lowest BCUT2D eigenvalue weighted by atomic mass is 10.3. The Morgan fingerprint density at radius 3 is 3.00 bits per heavy atom. The molecule has 3 N–H and O–H groups in total. The van der Waals surface area contributed by atoms with Gasteiger partial charge in [-0.05, 0) is 40.2 Å². The Morgan fingerprint density at radius 1 is 1.42 bits per heavy atom. The summed E-state index contributed by atoms with van der Waals surface area (Å²) < 4.78 is 6.35. The summed E-state index contributed by atoms with van der Waals surface area (Å²) in [5.74, 6) is -0.271. The fourth-order valence-electron chi connectivity index (χ4n) is 1.61. The largest absolute Gasteiger partial charge is 0.457 e. The summed E-state index contributed by atoms with van der Waals surface area (Å²) in [6.45, 7) is 0. The standard InChI is InChI=1S/C12H8BrN3O2S/c13-10-7(3-4-18-10)11(17)16-12-15-8-2-1-6(14)5-9(8)19-12/h1-5H,14H2,(H,15,16,17). The van der Waals surface area contributed by atoms with Gasteiger partial charge in [0.15, 0.2) is 9.80 Å². The van der Waals surface area contributed by atoms with Crippen molar-refractivity contribution in [3.8, 4) is 0 Å². The van der Waals surface area contributed by atoms with Gasteiger partial charge >= 0.3 is 0 Å². The van der Waals surface area contributed by atoms with Gasteiger partial charge in [0.1, 0.15) is 0 Å². The molecule has 0 aliphatic carbocycles. The molecule has 0 saturated heterocycles. The highest BCUT2D eigenvalue weighted by Gasteiger charge is 2.14. The van der Waals surface area contributed by atoms with Crippen molar-refractivity contribution < 1.29 is 9.21 Å². The first-order valence-corrected chi connectivity index (χ1v) is 6.95. The third kappa shape index (κ3) is 2.34. The van der Waals surface area contributed by atoms with Crippen molar-refractivity contribution in [2.75, 3.05) is 11.1 Å². The third-order valence-electron chi connectivity index (χ3n) is 2.50. The number of benzene rings is 1. The van der Waals surface area contributed by atoms with E-state index in [1.165, 1.54) is 17.6 Å². The van der Waals surface area contributed by atoms with Gasteiger partial charge in [-0.25, -0.2) is 4.98 Å². The van der Waals surface area contributed by atoms with Crippen LogP contribution in [0.25, 0.3) is 10.2 Å². The van der Waals surface area contributed by atoms with Crippen LogP contribution in [0.15, 0.2) is 39.6 Å². The van der Waals surface area contributed by atoms with Crippen molar-refractivity contribution in [2.24, 2.45) is 0 Å². The number of rotatable bonds is 2. The fourth-order valence-corrected chi connectivity index (χ4v) is 2.94. The monoisotopic (exact) mass is 337 g/mol. The van der Waals surface area contributed by atoms with Crippen molar-refractivity contribution in [3.05, 3.63) is 40.8 Å². The van der Waals surface area contributed by atoms with Gasteiger partial charge in [0.25, 0.3) is 5.91 Å². The van der Waals surface area contributed by atoms with Crippen molar-refractivity contribution in [3.63, 3.8) is 0 Å². The second-order valence-corrected chi connectivity index (χ2v) is 5.56. The number of anilines is 2. The number of fused-ring (bicyclic) bond motifs is 1. The topological polar surface area (TPSA) is 81.1 Å². The number of carbonyl (C=O) groups excluding carboxylic acids is 1. The number of furan rings is 1. The number of nitrogens with two attached hydrogens (primary N) is 1. The summed E-state index contributed by atoms with van der Waals surface area (Å²) in [6, 6.07) is 7.02. The molecular weight excluding hydrogens is 330 g/mol. The molecule has 0 aliphatic heterocycles. The number of halogens is 1. The van der Waals surface area contributed by atoms with Gasteiger partial charge in [-0.15, -0.1) is 0 Å². The second-order valence-electron chi connectivity index (χ2n) is 3.81. The average Bonchev–Trinajstić information content (AvgIpc) is 2.94. The minimum Gasteiger partial charge on any atom is -0.457 e. The number of aromatic nitrogens is 1. The van der Waals surface area contributed by atoms with Crippen LogP contribution < -0.4 is 11.1 Å². The van der Waals surface area contributed by atoms with Crippen LogP contribution in [0.4, 0.5) is 10.8 Å². The Balaban J connectivity index is 1.89. The highest BCUT2D eigenvalue weighted by Crippen LogP contribution is 2.28. The number of thiazole rings is 1. The van der Waals surface area contributed by atoms with E-state index in [0.29, 0.717) is 21.1 Å². The number of hydrogen-bond acceptors (Lipinski definition) is 5. The minimum absolute atomic E-state index is 0.271. The maximum Gasteiger partial charge on any atom is 0.261 e. The molecular formula is C12H8BrN3O2S. The molecule has 0 atom stereocenters. The summed E-state index contributed by atoms with van der Waals surface area (Å²) in [7, 11) is 0. The van der Waals surface area contributed by atoms with E-state index in [1.807, 2.05) is 12.1 Å². The normalized spacial score (nSPS) is 10.8. The van der Waals surface area contributed by atoms with Gasteiger partial charge in [0.2, 0.25) is 0 Å². The lowest BCUT2D eigenvalue weighted by Gasteiger charge is -1.98. The molecule has 7 heteroatoms. The molecule has 0 aliphatic rings. The zero-order chi connectivity index (χ0) is 13.4. The summed E-state index contributed by atoms with van der Waals surface area (Å²) in [4.78, 5) is 16.3. The highest BCUT2D eigenvalue weighted by atomic mass is 79.9. The van der Waals surface area contributed by atoms with E-state index < -0.39 is 0 Å². The first-order valence-electron chi connectivity index (χ1n) is 5.34. The van der Waals surface area contributed by atoms with Gasteiger partial charge in [-0.3, -0.25) is 10.1 Å². The van der Waals surface area contributed by atoms with Crippen LogP contribution in [0.3, 0.4) is 0 Å². The number of hydrogen-bond donors (Lipinski definition) is 2. The molecule has 3 rings (SSSR count). The second kappa shape index (κ2) is 4.67. The van der Waals surface area contributed by atoms with E-state index >= 15 is 0 Å². The average molecular weight is 338 g/mol. The molecule has 96 valence electrons. The fraction of sp³-hybridized carbons (Fsp3) is 0. The Morgan fingerprint density at radius 2 is 2.26 bits per heavy atom. The molecule has 5 nitrogen and oxygen atoms in total. The molecule has 19 heavy (non-hydrogen) atoms. The van der Waals surface area contributed by atoms with Gasteiger partial charge in [-0.1, -0.05) is 11.3 Å². The van der Waals surface area contributed by atoms with Crippen LogP contribution in [0, 0.1) is 0 Å². The Bertz CT molecular complexity index is 765. The summed E-state index contributed by atoms with van der Waals surface area (Å²) in [5, 5.41) is 3.26. The SMILES string of the molecule is Nc1ccc2nc(NC(=O)c3ccoc3Br)sc2c1. The number of nitrogens with one attached hydrogen (secondary N) is 1. The van der Waals surface area contributed by atoms with Crippen LogP contribution in [0.5, 0.6) is 0 Å². The summed E-state index contributed by atoms with van der Waals surface area (Å²) in [5.41, 5.74) is 7.61. The smallest absolute Gasteiger partial charge is 0.261 e. The third-order valence-corrected chi connectivity index (χ3v) is 4.04. The van der Waals surface area contributed by atoms with E-state index in [-0.39, 0.29) is 5.91 Å². The van der Waals surface area contributed by atoms with Gasteiger partial charge in [0.05, 0.1) is 22.0 Å². The van der Waals surface area contributed by atoms with Crippen molar-refractivity contribution in [1.82, 2.24) is 4.98 Å². The molecule has 0 fully saturated rings. The molecule has 0 bridgehead atoms. The molecule has 1 amide bonds. The van der Waals surface area contributed by atoms with Crippen LogP contribution in [0.2, 0.25) is 0 Å². The van der Waals surface area contributed by atoms with E-state index in [4.69, 9.17) is 10.2 Å². The first kappa shape index (κ1) is 12.2. The van der Waals surface area contributed by atoms with Crippen LogP contribution in [0.1, 0.15) is 10.4 Å². The number of amides is 1. The lowest BCUT2D eigenvalue weighted by Crippen LogP contribution is -2.11. The predicted molar refractivity (Wildman–Crippen MR) is 78.4 cm³/mol. The first-order chi connectivity index (χ1) is 9.13. The lowest BCUT2D eigenvalue weighted by molar-refractivity contribution is 0.102. The van der Waals surface area contributed by atoms with Crippen molar-refractivity contribution in [2.45, 2.75) is 0 Å². The predicted octanol–water partition coefficient (Wildman–Crippen LogP) is 3.49. The molecule has 0 radical (unpaired) electrons. The van der Waals surface area contributed by atoms with Gasteiger partial charge in [-0.2, -0.15) is 0 Å². The Labute approximate surface area is 120 Å². The molecule has 2 heterocycles. The van der Waals surface area contributed by atoms with Crippen LogP contribution in [-0.4, -0.2) is 10.9 Å². The van der Waals surface area contributed by atoms with Gasteiger partial charge < -0.3 is 10.2 Å². The highest BCUT2D eigenvalue weighted by molar-refractivity contribution is 9.10. The zero-order valence-electron chi connectivity index (χ0n) is 9.51. The molecule has 0 spiro atoms. The molecule has 1 aromatic carbocycles. The van der Waals surface area contributed by atoms with E-state index in [0.717, 1.165) is 10.2 Å². The quantitative estimate of drug-likeness (QED) is 0.701.